The first-order valence-corrected chi connectivity index (χ1v) is 13.3. The Morgan fingerprint density at radius 2 is 1.64 bits per heavy atom. The monoisotopic (exact) mass is 552 g/mol. The number of aryl methyl sites for hydroxylation is 1. The number of nitrogens with zero attached hydrogens (tertiary/aromatic N) is 3. The van der Waals surface area contributed by atoms with Crippen LogP contribution in [0.15, 0.2) is 60.0 Å². The van der Waals surface area contributed by atoms with Gasteiger partial charge in [-0.25, -0.2) is 4.98 Å². The summed E-state index contributed by atoms with van der Waals surface area (Å²) in [5, 5.41) is 3.45. The zero-order valence-electron chi connectivity index (χ0n) is 19.5. The predicted molar refractivity (Wildman–Crippen MR) is 137 cm³/mol. The summed E-state index contributed by atoms with van der Waals surface area (Å²) in [6, 6.07) is 12.0. The lowest BCUT2D eigenvalue weighted by molar-refractivity contribution is 0.0723. The Balaban J connectivity index is 0.000000303. The van der Waals surface area contributed by atoms with Crippen molar-refractivity contribution in [2.24, 2.45) is 7.05 Å². The lowest BCUT2D eigenvalue weighted by Crippen LogP contribution is -2.35. The second-order valence-corrected chi connectivity index (χ2v) is 10.4. The number of nitrogens with one attached hydrogen (secondary N) is 1. The van der Waals surface area contributed by atoms with E-state index >= 15 is 0 Å². The molecule has 0 unspecified atom stereocenters. The van der Waals surface area contributed by atoms with E-state index in [2.05, 4.69) is 10.3 Å². The summed E-state index contributed by atoms with van der Waals surface area (Å²) in [7, 11) is -2.50. The summed E-state index contributed by atoms with van der Waals surface area (Å²) in [4.78, 5) is 30.0. The standard InChI is InChI=1S/C20H20Cl2N2O2.C4H6N2O3S/c21-17-9-4-14(12-18(17)22)13-23-19(25)15-5-7-16(8-6-15)20(26)24-10-2-1-3-11-24;1-6-2-4(5-3-6)10(7,8)9/h4-9,12H,1-3,10-11,13H2,(H,23,25);2-3H,1H3,(H,7,8,9). The van der Waals surface area contributed by atoms with Gasteiger partial charge in [0.1, 0.15) is 0 Å². The Bertz CT molecular complexity index is 1320. The smallest absolute Gasteiger partial charge is 0.313 e. The fourth-order valence-electron chi connectivity index (χ4n) is 3.50. The molecule has 1 saturated heterocycles. The number of hydrogen-bond donors (Lipinski definition) is 2. The number of amides is 2. The maximum atomic E-state index is 12.5. The first-order valence-electron chi connectivity index (χ1n) is 11.1. The Labute approximate surface area is 219 Å². The quantitative estimate of drug-likeness (QED) is 0.457. The van der Waals surface area contributed by atoms with Crippen molar-refractivity contribution in [2.75, 3.05) is 13.1 Å². The van der Waals surface area contributed by atoms with Crippen molar-refractivity contribution in [3.05, 3.63) is 81.7 Å². The number of piperidine rings is 1. The van der Waals surface area contributed by atoms with Crippen molar-refractivity contribution in [2.45, 2.75) is 30.8 Å². The highest BCUT2D eigenvalue weighted by Gasteiger charge is 2.18. The molecule has 36 heavy (non-hydrogen) atoms. The molecule has 0 atom stereocenters. The van der Waals surface area contributed by atoms with Crippen LogP contribution in [0.5, 0.6) is 0 Å². The largest absolute Gasteiger partial charge is 0.348 e. The molecule has 0 spiro atoms. The van der Waals surface area contributed by atoms with Crippen LogP contribution in [0.3, 0.4) is 0 Å². The van der Waals surface area contributed by atoms with Gasteiger partial charge in [-0.1, -0.05) is 29.3 Å². The number of rotatable bonds is 5. The molecule has 2 aromatic carbocycles. The molecule has 2 N–H and O–H groups in total. The van der Waals surface area contributed by atoms with E-state index in [4.69, 9.17) is 27.8 Å². The minimum Gasteiger partial charge on any atom is -0.348 e. The molecule has 12 heteroatoms. The average Bonchev–Trinajstić information content (AvgIpc) is 3.32. The van der Waals surface area contributed by atoms with Crippen molar-refractivity contribution in [3.8, 4) is 0 Å². The van der Waals surface area contributed by atoms with Gasteiger partial charge in [0.15, 0.2) is 5.03 Å². The molecule has 9 nitrogen and oxygen atoms in total. The first-order chi connectivity index (χ1) is 17.0. The third kappa shape index (κ3) is 7.79. The molecule has 192 valence electrons. The molecule has 2 heterocycles. The molecular weight excluding hydrogens is 527 g/mol. The van der Waals surface area contributed by atoms with E-state index < -0.39 is 10.1 Å². The Morgan fingerprint density at radius 1 is 1.00 bits per heavy atom. The highest BCUT2D eigenvalue weighted by molar-refractivity contribution is 7.85. The number of aromatic nitrogens is 2. The summed E-state index contributed by atoms with van der Waals surface area (Å²) in [5.41, 5.74) is 2.00. The number of imidazole rings is 1. The molecule has 4 rings (SSSR count). The highest BCUT2D eigenvalue weighted by atomic mass is 35.5. The third-order valence-corrected chi connectivity index (χ3v) is 6.90. The van der Waals surface area contributed by atoms with E-state index in [9.17, 15) is 18.0 Å². The molecule has 0 radical (unpaired) electrons. The van der Waals surface area contributed by atoms with Crippen LogP contribution in [-0.2, 0) is 23.7 Å². The number of carbonyl (C=O) groups is 2. The lowest BCUT2D eigenvalue weighted by Gasteiger charge is -2.26. The van der Waals surface area contributed by atoms with Crippen LogP contribution >= 0.6 is 23.2 Å². The van der Waals surface area contributed by atoms with Crippen molar-refractivity contribution >= 4 is 45.1 Å². The zero-order valence-corrected chi connectivity index (χ0v) is 21.9. The summed E-state index contributed by atoms with van der Waals surface area (Å²) < 4.78 is 30.5. The predicted octanol–water partition coefficient (Wildman–Crippen LogP) is 4.22. The van der Waals surface area contributed by atoms with Gasteiger partial charge in [0.2, 0.25) is 0 Å². The molecule has 0 aliphatic carbocycles. The lowest BCUT2D eigenvalue weighted by atomic mass is 10.1. The first kappa shape index (κ1) is 27.7. The van der Waals surface area contributed by atoms with Crippen molar-refractivity contribution in [1.29, 1.82) is 0 Å². The van der Waals surface area contributed by atoms with Gasteiger partial charge in [0, 0.05) is 44.0 Å². The van der Waals surface area contributed by atoms with Gasteiger partial charge in [0.05, 0.1) is 16.4 Å². The third-order valence-electron chi connectivity index (χ3n) is 5.42. The number of hydrogen-bond acceptors (Lipinski definition) is 5. The maximum absolute atomic E-state index is 12.5. The SMILES string of the molecule is Cn1cnc(S(=O)(=O)O)c1.O=C(NCc1ccc(Cl)c(Cl)c1)c1ccc(C(=O)N2CCCCC2)cc1. The van der Waals surface area contributed by atoms with Gasteiger partial charge in [0.25, 0.3) is 11.8 Å². The van der Waals surface area contributed by atoms with Crippen molar-refractivity contribution in [3.63, 3.8) is 0 Å². The molecule has 3 aromatic rings. The Hall–Kier alpha value is -2.92. The number of carbonyl (C=O) groups excluding carboxylic acids is 2. The van der Waals surface area contributed by atoms with Gasteiger partial charge >= 0.3 is 10.1 Å². The fraction of sp³-hybridized carbons (Fsp3) is 0.292. The summed E-state index contributed by atoms with van der Waals surface area (Å²) in [5.74, 6) is -0.166. The number of likely N-dealkylation sites (tertiary alicyclic amines) is 1. The molecule has 0 saturated carbocycles. The van der Waals surface area contributed by atoms with Crippen LogP contribution in [-0.4, -0.2) is 52.3 Å². The number of benzene rings is 2. The molecule has 1 aromatic heterocycles. The van der Waals surface area contributed by atoms with E-state index in [0.717, 1.165) is 31.5 Å². The zero-order chi connectivity index (χ0) is 26.3. The summed E-state index contributed by atoms with van der Waals surface area (Å²) in [6.07, 6.45) is 5.81. The van der Waals surface area contributed by atoms with Crippen LogP contribution in [0, 0.1) is 0 Å². The molecule has 1 aliphatic heterocycles. The highest BCUT2D eigenvalue weighted by Crippen LogP contribution is 2.22. The van der Waals surface area contributed by atoms with Gasteiger partial charge < -0.3 is 14.8 Å². The average molecular weight is 553 g/mol. The summed E-state index contributed by atoms with van der Waals surface area (Å²) >= 11 is 11.9. The second-order valence-electron chi connectivity index (χ2n) is 8.21. The van der Waals surface area contributed by atoms with Gasteiger partial charge in [-0.15, -0.1) is 0 Å². The Morgan fingerprint density at radius 3 is 2.17 bits per heavy atom. The molecule has 1 aliphatic rings. The molecule has 0 bridgehead atoms. The molecule has 1 fully saturated rings. The van der Waals surface area contributed by atoms with Crippen molar-refractivity contribution in [1.82, 2.24) is 19.8 Å². The van der Waals surface area contributed by atoms with Crippen molar-refractivity contribution < 1.29 is 22.6 Å². The maximum Gasteiger partial charge on any atom is 0.313 e. The van der Waals surface area contributed by atoms with Crippen LogP contribution < -0.4 is 5.32 Å². The molecule has 2 amide bonds. The van der Waals surface area contributed by atoms with Gasteiger partial charge in [-0.05, 0) is 61.2 Å². The molecular formula is C24H26Cl2N4O5S. The topological polar surface area (TPSA) is 122 Å². The van der Waals surface area contributed by atoms with Crippen LogP contribution in [0.2, 0.25) is 10.0 Å². The van der Waals surface area contributed by atoms with E-state index in [0.29, 0.717) is 27.7 Å². The number of halogens is 2. The minimum absolute atomic E-state index is 0.0347. The van der Waals surface area contributed by atoms with Crippen LogP contribution in [0.4, 0.5) is 0 Å². The van der Waals surface area contributed by atoms with Crippen LogP contribution in [0.25, 0.3) is 0 Å². The Kier molecular flexibility index (Phi) is 9.49. The fourth-order valence-corrected chi connectivity index (χ4v) is 4.30. The van der Waals surface area contributed by atoms with E-state index in [1.165, 1.54) is 23.5 Å². The second kappa shape index (κ2) is 12.4. The minimum atomic E-state index is -4.11. The normalized spacial score (nSPS) is 13.5. The van der Waals surface area contributed by atoms with Gasteiger partial charge in [-0.2, -0.15) is 8.42 Å². The van der Waals surface area contributed by atoms with Gasteiger partial charge in [-0.3, -0.25) is 14.1 Å². The van der Waals surface area contributed by atoms with E-state index in [1.807, 2.05) is 11.0 Å². The van der Waals surface area contributed by atoms with Crippen LogP contribution in [0.1, 0.15) is 45.5 Å². The summed E-state index contributed by atoms with van der Waals surface area (Å²) in [6.45, 7) is 1.97. The van der Waals surface area contributed by atoms with E-state index in [-0.39, 0.29) is 16.8 Å². The van der Waals surface area contributed by atoms with E-state index in [1.54, 1.807) is 43.4 Å².